The molecule has 0 spiro atoms. The molecule has 0 aromatic carbocycles. The summed E-state index contributed by atoms with van der Waals surface area (Å²) in [6.45, 7) is 0.497. The largest absolute Gasteiger partial charge is 0.409 e. The highest BCUT2D eigenvalue weighted by atomic mass is 32.1. The van der Waals surface area contributed by atoms with E-state index < -0.39 is 5.41 Å². The Labute approximate surface area is 97.0 Å². The molecule has 16 heavy (non-hydrogen) atoms. The topological polar surface area (TPSA) is 87.7 Å². The fourth-order valence-corrected chi connectivity index (χ4v) is 2.21. The number of carbonyl (C=O) groups is 1. The lowest BCUT2D eigenvalue weighted by molar-refractivity contribution is -0.124. The molecule has 1 aliphatic carbocycles. The molecule has 86 valence electrons. The molecule has 1 aromatic heterocycles. The predicted octanol–water partition coefficient (Wildman–Crippen LogP) is 0.891. The molecule has 6 heteroatoms. The smallest absolute Gasteiger partial charge is 0.234 e. The Hall–Kier alpha value is -1.56. The van der Waals surface area contributed by atoms with E-state index in [4.69, 9.17) is 10.9 Å². The van der Waals surface area contributed by atoms with Gasteiger partial charge >= 0.3 is 0 Å². The Morgan fingerprint density at radius 3 is 2.94 bits per heavy atom. The molecule has 0 saturated heterocycles. The van der Waals surface area contributed by atoms with Crippen LogP contribution in [0.5, 0.6) is 0 Å². The lowest BCUT2D eigenvalue weighted by Crippen LogP contribution is -2.40. The standard InChI is InChI=1S/C10H13N3O2S/c11-8(13-15)10(3-4-10)9(14)12-6-7-2-1-5-16-7/h1-2,5,15H,3-4,6H2,(H2,11,13)(H,12,14). The van der Waals surface area contributed by atoms with Crippen molar-refractivity contribution >= 4 is 23.1 Å². The Bertz CT molecular complexity index is 410. The molecule has 0 atom stereocenters. The number of carbonyl (C=O) groups excluding carboxylic acids is 1. The predicted molar refractivity (Wildman–Crippen MR) is 61.2 cm³/mol. The van der Waals surface area contributed by atoms with Crippen molar-refractivity contribution < 1.29 is 10.0 Å². The monoisotopic (exact) mass is 239 g/mol. The van der Waals surface area contributed by atoms with Crippen LogP contribution in [0.2, 0.25) is 0 Å². The Balaban J connectivity index is 1.94. The first-order chi connectivity index (χ1) is 7.69. The lowest BCUT2D eigenvalue weighted by atomic mass is 10.1. The average Bonchev–Trinajstić information content (AvgIpc) is 2.95. The van der Waals surface area contributed by atoms with E-state index in [0.717, 1.165) is 4.88 Å². The maximum Gasteiger partial charge on any atom is 0.234 e. The number of amides is 1. The second-order valence-electron chi connectivity index (χ2n) is 3.83. The van der Waals surface area contributed by atoms with E-state index in [2.05, 4.69) is 10.5 Å². The quantitative estimate of drug-likeness (QED) is 0.315. The van der Waals surface area contributed by atoms with Crippen molar-refractivity contribution in [2.45, 2.75) is 19.4 Å². The van der Waals surface area contributed by atoms with Crippen molar-refractivity contribution in [3.05, 3.63) is 22.4 Å². The van der Waals surface area contributed by atoms with Crippen molar-refractivity contribution in [3.8, 4) is 0 Å². The van der Waals surface area contributed by atoms with Crippen molar-refractivity contribution in [3.63, 3.8) is 0 Å². The van der Waals surface area contributed by atoms with Crippen molar-refractivity contribution in [2.24, 2.45) is 16.3 Å². The third-order valence-electron chi connectivity index (χ3n) is 2.79. The summed E-state index contributed by atoms with van der Waals surface area (Å²) in [7, 11) is 0. The second-order valence-corrected chi connectivity index (χ2v) is 4.86. The van der Waals surface area contributed by atoms with E-state index in [0.29, 0.717) is 19.4 Å². The highest BCUT2D eigenvalue weighted by Crippen LogP contribution is 2.46. The Kier molecular flexibility index (Phi) is 2.82. The first-order valence-corrected chi connectivity index (χ1v) is 5.86. The van der Waals surface area contributed by atoms with Gasteiger partial charge < -0.3 is 16.3 Å². The zero-order chi connectivity index (χ0) is 11.6. The van der Waals surface area contributed by atoms with Crippen LogP contribution in [-0.2, 0) is 11.3 Å². The van der Waals surface area contributed by atoms with Gasteiger partial charge in [-0.05, 0) is 24.3 Å². The lowest BCUT2D eigenvalue weighted by Gasteiger charge is -2.12. The van der Waals surface area contributed by atoms with Gasteiger partial charge in [-0.3, -0.25) is 4.79 Å². The zero-order valence-electron chi connectivity index (χ0n) is 8.64. The van der Waals surface area contributed by atoms with E-state index in [1.165, 1.54) is 0 Å². The van der Waals surface area contributed by atoms with Crippen LogP contribution in [0.4, 0.5) is 0 Å². The highest BCUT2D eigenvalue weighted by molar-refractivity contribution is 7.09. The molecule has 1 saturated carbocycles. The van der Waals surface area contributed by atoms with Crippen molar-refractivity contribution in [1.82, 2.24) is 5.32 Å². The van der Waals surface area contributed by atoms with Gasteiger partial charge in [-0.1, -0.05) is 11.2 Å². The van der Waals surface area contributed by atoms with Gasteiger partial charge in [0.15, 0.2) is 5.84 Å². The minimum atomic E-state index is -0.758. The molecule has 1 heterocycles. The molecule has 0 radical (unpaired) electrons. The van der Waals surface area contributed by atoms with Crippen LogP contribution in [0.15, 0.2) is 22.7 Å². The third-order valence-corrected chi connectivity index (χ3v) is 3.66. The molecule has 1 amide bonds. The zero-order valence-corrected chi connectivity index (χ0v) is 9.46. The Morgan fingerprint density at radius 2 is 2.44 bits per heavy atom. The summed E-state index contributed by atoms with van der Waals surface area (Å²) in [6, 6.07) is 3.89. The second kappa shape index (κ2) is 4.13. The summed E-state index contributed by atoms with van der Waals surface area (Å²) in [6.07, 6.45) is 1.30. The minimum absolute atomic E-state index is 0.0104. The molecule has 1 aliphatic rings. The summed E-state index contributed by atoms with van der Waals surface area (Å²) < 4.78 is 0. The van der Waals surface area contributed by atoms with Crippen LogP contribution in [-0.4, -0.2) is 17.0 Å². The molecular formula is C10H13N3O2S. The van der Waals surface area contributed by atoms with Crippen LogP contribution in [0.1, 0.15) is 17.7 Å². The van der Waals surface area contributed by atoms with E-state index in [1.807, 2.05) is 17.5 Å². The van der Waals surface area contributed by atoms with Gasteiger partial charge in [0.25, 0.3) is 0 Å². The summed E-state index contributed by atoms with van der Waals surface area (Å²) in [5.74, 6) is -0.146. The molecule has 5 nitrogen and oxygen atoms in total. The summed E-state index contributed by atoms with van der Waals surface area (Å²) in [5.41, 5.74) is 4.75. The summed E-state index contributed by atoms with van der Waals surface area (Å²) in [4.78, 5) is 12.9. The van der Waals surface area contributed by atoms with E-state index >= 15 is 0 Å². The SMILES string of the molecule is N/C(=N/O)C1(C(=O)NCc2cccs2)CC1. The first-order valence-electron chi connectivity index (χ1n) is 4.98. The number of nitrogens with two attached hydrogens (primary N) is 1. The third kappa shape index (κ3) is 1.88. The van der Waals surface area contributed by atoms with Crippen molar-refractivity contribution in [1.29, 1.82) is 0 Å². The number of hydrogen-bond acceptors (Lipinski definition) is 4. The fraction of sp³-hybridized carbons (Fsp3) is 0.400. The fourth-order valence-electron chi connectivity index (χ4n) is 1.57. The molecule has 1 aromatic rings. The number of rotatable bonds is 4. The minimum Gasteiger partial charge on any atom is -0.409 e. The van der Waals surface area contributed by atoms with Crippen LogP contribution in [0, 0.1) is 5.41 Å². The van der Waals surface area contributed by atoms with Gasteiger partial charge in [-0.25, -0.2) is 0 Å². The molecule has 1 fully saturated rings. The maximum atomic E-state index is 11.8. The Morgan fingerprint density at radius 1 is 1.69 bits per heavy atom. The number of nitrogens with zero attached hydrogens (tertiary/aromatic N) is 1. The maximum absolute atomic E-state index is 11.8. The van der Waals surface area contributed by atoms with Crippen LogP contribution in [0.25, 0.3) is 0 Å². The molecular weight excluding hydrogens is 226 g/mol. The summed E-state index contributed by atoms with van der Waals surface area (Å²) >= 11 is 1.58. The van der Waals surface area contributed by atoms with Gasteiger partial charge in [-0.2, -0.15) is 0 Å². The van der Waals surface area contributed by atoms with Gasteiger partial charge in [-0.15, -0.1) is 11.3 Å². The van der Waals surface area contributed by atoms with Gasteiger partial charge in [0.2, 0.25) is 5.91 Å². The van der Waals surface area contributed by atoms with Gasteiger partial charge in [0.05, 0.1) is 6.54 Å². The molecule has 0 aliphatic heterocycles. The highest BCUT2D eigenvalue weighted by Gasteiger charge is 2.54. The number of oxime groups is 1. The van der Waals surface area contributed by atoms with Crippen LogP contribution in [0.3, 0.4) is 0 Å². The van der Waals surface area contributed by atoms with E-state index in [9.17, 15) is 4.79 Å². The molecule has 0 unspecified atom stereocenters. The van der Waals surface area contributed by atoms with Crippen LogP contribution < -0.4 is 11.1 Å². The molecule has 2 rings (SSSR count). The number of hydrogen-bond donors (Lipinski definition) is 3. The van der Waals surface area contributed by atoms with Crippen LogP contribution >= 0.6 is 11.3 Å². The van der Waals surface area contributed by atoms with Crippen molar-refractivity contribution in [2.75, 3.05) is 0 Å². The number of nitrogens with one attached hydrogen (secondary N) is 1. The number of thiophene rings is 1. The average molecular weight is 239 g/mol. The first kappa shape index (κ1) is 10.9. The van der Waals surface area contributed by atoms with Gasteiger partial charge in [0, 0.05) is 4.88 Å². The molecule has 4 N–H and O–H groups in total. The summed E-state index contributed by atoms with van der Waals surface area (Å²) in [5, 5.41) is 16.3. The van der Waals surface area contributed by atoms with Gasteiger partial charge in [0.1, 0.15) is 5.41 Å². The van der Waals surface area contributed by atoms with E-state index in [1.54, 1.807) is 11.3 Å². The van der Waals surface area contributed by atoms with E-state index in [-0.39, 0.29) is 11.7 Å². The molecule has 0 bridgehead atoms. The number of amidine groups is 1. The normalized spacial score (nSPS) is 18.1.